The zero-order valence-corrected chi connectivity index (χ0v) is 18.5. The molecule has 0 radical (unpaired) electrons. The van der Waals surface area contributed by atoms with Crippen molar-refractivity contribution in [3.05, 3.63) is 12.7 Å². The van der Waals surface area contributed by atoms with E-state index in [2.05, 4.69) is 11.3 Å². The highest BCUT2D eigenvalue weighted by atomic mass is 19.4. The van der Waals surface area contributed by atoms with Crippen molar-refractivity contribution in [1.29, 1.82) is 0 Å². The van der Waals surface area contributed by atoms with E-state index in [1.54, 1.807) is 0 Å². The minimum absolute atomic E-state index is 0.848. The number of esters is 1. The Labute approximate surface area is 216 Å². The van der Waals surface area contributed by atoms with E-state index < -0.39 is 83.9 Å². The lowest BCUT2D eigenvalue weighted by atomic mass is 9.86. The van der Waals surface area contributed by atoms with Gasteiger partial charge in [0.25, 0.3) is 0 Å². The number of carbonyl (C=O) groups excluding carboxylic acids is 1. The first-order valence-corrected chi connectivity index (χ1v) is 8.94. The van der Waals surface area contributed by atoms with Crippen molar-refractivity contribution in [2.24, 2.45) is 0 Å². The summed E-state index contributed by atoms with van der Waals surface area (Å²) in [5.74, 6) is -77.7. The molecule has 0 aromatic heterocycles. The van der Waals surface area contributed by atoms with E-state index in [0.717, 1.165) is 4.74 Å². The van der Waals surface area contributed by atoms with Crippen LogP contribution in [0.15, 0.2) is 12.7 Å². The van der Waals surface area contributed by atoms with Gasteiger partial charge in [-0.15, -0.1) is 0 Å². The number of hydrogen-bond donors (Lipinski definition) is 0. The maximum atomic E-state index is 14.5. The highest BCUT2D eigenvalue weighted by Crippen LogP contribution is 2.66. The van der Waals surface area contributed by atoms with Crippen LogP contribution < -0.4 is 0 Å². The van der Waals surface area contributed by atoms with Crippen LogP contribution in [-0.4, -0.2) is 77.9 Å². The second-order valence-electron chi connectivity index (χ2n) is 7.37. The Hall–Kier alpha value is -2.58. The van der Waals surface area contributed by atoms with Gasteiger partial charge >= 0.3 is 77.9 Å². The summed E-state index contributed by atoms with van der Waals surface area (Å²) in [4.78, 5) is 10.7. The topological polar surface area (TPSA) is 35.5 Å². The molecule has 0 aromatic rings. The second kappa shape index (κ2) is 10.2. The number of rotatable bonds is 12. The van der Waals surface area contributed by atoms with Crippen LogP contribution in [0.5, 0.6) is 0 Å². The van der Waals surface area contributed by atoms with E-state index in [4.69, 9.17) is 0 Å². The number of halogens is 25. The summed E-state index contributed by atoms with van der Waals surface area (Å²) < 4.78 is 334. The summed E-state index contributed by atoms with van der Waals surface area (Å²) in [6, 6.07) is 0. The average Bonchev–Trinajstić information content (AvgIpc) is 2.75. The van der Waals surface area contributed by atoms with Gasteiger partial charge in [-0.1, -0.05) is 6.58 Å². The average molecular weight is 706 g/mol. The smallest absolute Gasteiger partial charge is 0.393 e. The quantitative estimate of drug-likeness (QED) is 0.117. The molecule has 0 aromatic carbocycles. The highest BCUT2D eigenvalue weighted by Gasteiger charge is 2.99. The first-order chi connectivity index (χ1) is 18.2. The minimum Gasteiger partial charge on any atom is -0.393 e. The Morgan fingerprint density at radius 1 is 0.419 bits per heavy atom. The van der Waals surface area contributed by atoms with Gasteiger partial charge in [-0.2, -0.15) is 110 Å². The molecule has 0 rings (SSSR count). The summed E-state index contributed by atoms with van der Waals surface area (Å²) in [6.45, 7) is 2.06. The molecular formula is C15H3F25O3. The molecule has 256 valence electrons. The molecule has 1 unspecified atom stereocenters. The summed E-state index contributed by atoms with van der Waals surface area (Å²) in [6.07, 6.45) is -33.1. The predicted octanol–water partition coefficient (Wildman–Crippen LogP) is 8.16. The first-order valence-electron chi connectivity index (χ1n) is 8.94. The van der Waals surface area contributed by atoms with Crippen LogP contribution in [0.1, 0.15) is 0 Å². The van der Waals surface area contributed by atoms with Crippen molar-refractivity contribution in [1.82, 2.24) is 0 Å². The maximum absolute atomic E-state index is 14.5. The third-order valence-corrected chi connectivity index (χ3v) is 4.49. The Bertz CT molecular complexity index is 1050. The fourth-order valence-electron chi connectivity index (χ4n) is 2.14. The fourth-order valence-corrected chi connectivity index (χ4v) is 2.14. The van der Waals surface area contributed by atoms with Crippen molar-refractivity contribution in [2.75, 3.05) is 0 Å². The lowest BCUT2D eigenvalue weighted by molar-refractivity contribution is -0.537. The number of ether oxygens (including phenoxy) is 2. The third kappa shape index (κ3) is 5.47. The van der Waals surface area contributed by atoms with Crippen LogP contribution >= 0.6 is 0 Å². The normalized spacial score (nSPS) is 17.4. The SMILES string of the molecule is C=CC(=O)OC(F)(F)C(F)(OC(F)(F)C(F)(F)F)C(F)(F)C(F)(F)C(F)(F)C(F)(F)C(F)(F)C(F)(F)C(F)(F)C(F)(F)F. The van der Waals surface area contributed by atoms with E-state index in [1.807, 2.05) is 0 Å². The molecule has 0 N–H and O–H groups in total. The van der Waals surface area contributed by atoms with Gasteiger partial charge in [0.15, 0.2) is 0 Å². The molecule has 0 fully saturated rings. The van der Waals surface area contributed by atoms with E-state index in [9.17, 15) is 115 Å². The fraction of sp³-hybridized carbons (Fsp3) is 0.800. The van der Waals surface area contributed by atoms with Crippen LogP contribution in [0.4, 0.5) is 110 Å². The van der Waals surface area contributed by atoms with E-state index >= 15 is 0 Å². The Kier molecular flexibility index (Phi) is 9.62. The molecule has 0 bridgehead atoms. The lowest BCUT2D eigenvalue weighted by Gasteiger charge is -2.46. The lowest BCUT2D eigenvalue weighted by Crippen LogP contribution is -2.78. The molecule has 0 saturated heterocycles. The van der Waals surface area contributed by atoms with Crippen molar-refractivity contribution in [3.8, 4) is 0 Å². The van der Waals surface area contributed by atoms with Crippen LogP contribution in [0.3, 0.4) is 0 Å². The molecule has 0 aliphatic rings. The zero-order chi connectivity index (χ0) is 35.7. The first kappa shape index (κ1) is 40.4. The molecule has 0 amide bonds. The van der Waals surface area contributed by atoms with E-state index in [-0.39, 0.29) is 0 Å². The highest BCUT2D eigenvalue weighted by molar-refractivity contribution is 5.81. The van der Waals surface area contributed by atoms with Gasteiger partial charge in [0, 0.05) is 6.08 Å². The van der Waals surface area contributed by atoms with Gasteiger partial charge in [-0.25, -0.2) is 4.79 Å². The van der Waals surface area contributed by atoms with Crippen LogP contribution in [0, 0.1) is 0 Å². The molecule has 0 aliphatic carbocycles. The van der Waals surface area contributed by atoms with E-state index in [0.29, 0.717) is 0 Å². The Morgan fingerprint density at radius 2 is 0.698 bits per heavy atom. The van der Waals surface area contributed by atoms with Gasteiger partial charge in [0.05, 0.1) is 0 Å². The van der Waals surface area contributed by atoms with Gasteiger partial charge in [-0.05, 0) is 0 Å². The van der Waals surface area contributed by atoms with Gasteiger partial charge in [-0.3, -0.25) is 4.74 Å². The molecule has 0 saturated carbocycles. The Balaban J connectivity index is 7.72. The summed E-state index contributed by atoms with van der Waals surface area (Å²) in [5.41, 5.74) is 0. The van der Waals surface area contributed by atoms with Crippen molar-refractivity contribution >= 4 is 5.97 Å². The molecule has 0 heterocycles. The molecule has 3 nitrogen and oxygen atoms in total. The minimum atomic E-state index is -9.66. The molecule has 43 heavy (non-hydrogen) atoms. The molecule has 0 aliphatic heterocycles. The van der Waals surface area contributed by atoms with E-state index in [1.165, 1.54) is 0 Å². The summed E-state index contributed by atoms with van der Waals surface area (Å²) >= 11 is 0. The molecule has 0 spiro atoms. The molecule has 28 heteroatoms. The van der Waals surface area contributed by atoms with Gasteiger partial charge < -0.3 is 4.74 Å². The largest absolute Gasteiger partial charge is 0.483 e. The van der Waals surface area contributed by atoms with Crippen molar-refractivity contribution in [2.45, 2.75) is 71.9 Å². The van der Waals surface area contributed by atoms with Crippen LogP contribution in [0.25, 0.3) is 0 Å². The zero-order valence-electron chi connectivity index (χ0n) is 18.5. The van der Waals surface area contributed by atoms with Crippen molar-refractivity contribution < 1.29 is 124 Å². The van der Waals surface area contributed by atoms with Gasteiger partial charge in [0.1, 0.15) is 0 Å². The number of alkyl halides is 25. The summed E-state index contributed by atoms with van der Waals surface area (Å²) in [7, 11) is 0. The van der Waals surface area contributed by atoms with Crippen LogP contribution in [-0.2, 0) is 14.3 Å². The number of carbonyl (C=O) groups is 1. The number of hydrogen-bond acceptors (Lipinski definition) is 3. The Morgan fingerprint density at radius 3 is 0.953 bits per heavy atom. The monoisotopic (exact) mass is 706 g/mol. The molecule has 1 atom stereocenters. The summed E-state index contributed by atoms with van der Waals surface area (Å²) in [5, 5.41) is 0. The molecular weight excluding hydrogens is 703 g/mol. The third-order valence-electron chi connectivity index (χ3n) is 4.49. The second-order valence-corrected chi connectivity index (χ2v) is 7.37. The van der Waals surface area contributed by atoms with Crippen molar-refractivity contribution in [3.63, 3.8) is 0 Å². The predicted molar refractivity (Wildman–Crippen MR) is 77.8 cm³/mol. The maximum Gasteiger partial charge on any atom is 0.483 e. The van der Waals surface area contributed by atoms with Gasteiger partial charge in [0.2, 0.25) is 0 Å². The van der Waals surface area contributed by atoms with Crippen LogP contribution in [0.2, 0.25) is 0 Å². The standard InChI is InChI=1S/C15H3F25O3/c1-2-3(41)42-14(37,38)11(30,43-15(39,40)13(34,35)36)9(26,27)7(22,23)5(18,19)4(16,17)6(20,21)8(24,25)10(28,29)12(31,32)33/h2H,1H2.